The topological polar surface area (TPSA) is 58.5 Å². The van der Waals surface area contributed by atoms with Crippen molar-refractivity contribution >= 4 is 15.7 Å². The molecule has 0 radical (unpaired) electrons. The van der Waals surface area contributed by atoms with Crippen LogP contribution in [0.4, 0.5) is 0 Å². The van der Waals surface area contributed by atoms with Crippen molar-refractivity contribution in [2.24, 2.45) is 22.9 Å². The molecule has 3 rings (SSSR count). The molecule has 24 heavy (non-hydrogen) atoms. The van der Waals surface area contributed by atoms with Gasteiger partial charge in [-0.2, -0.15) is 13.5 Å². The number of rotatable bonds is 4. The zero-order valence-corrected chi connectivity index (χ0v) is 15.9. The Bertz CT molecular complexity index is 730. The molecule has 0 heterocycles. The second kappa shape index (κ2) is 6.17. The monoisotopic (exact) mass is 348 g/mol. The molecule has 2 bridgehead atoms. The highest BCUT2D eigenvalue weighted by molar-refractivity contribution is 7.89. The number of sulfonamides is 1. The fourth-order valence-electron chi connectivity index (χ4n) is 4.16. The van der Waals surface area contributed by atoms with Crippen molar-refractivity contribution < 1.29 is 8.42 Å². The molecule has 3 atom stereocenters. The van der Waals surface area contributed by atoms with E-state index in [0.717, 1.165) is 17.2 Å². The summed E-state index contributed by atoms with van der Waals surface area (Å²) in [7, 11) is -3.60. The molecule has 2 aliphatic carbocycles. The highest BCUT2D eigenvalue weighted by atomic mass is 32.2. The summed E-state index contributed by atoms with van der Waals surface area (Å²) in [6.07, 6.45) is 5.06. The van der Waals surface area contributed by atoms with E-state index >= 15 is 0 Å². The number of hydrogen-bond acceptors (Lipinski definition) is 3. The summed E-state index contributed by atoms with van der Waals surface area (Å²) in [6.45, 7) is 8.28. The molecule has 132 valence electrons. The van der Waals surface area contributed by atoms with Crippen molar-refractivity contribution in [3.63, 3.8) is 0 Å². The number of hydrogen-bond donors (Lipinski definition) is 1. The molecule has 0 amide bonds. The van der Waals surface area contributed by atoms with Gasteiger partial charge in [0.15, 0.2) is 0 Å². The lowest BCUT2D eigenvalue weighted by Crippen LogP contribution is -2.25. The summed E-state index contributed by atoms with van der Waals surface area (Å²) in [6, 6.07) is 7.07. The summed E-state index contributed by atoms with van der Waals surface area (Å²) < 4.78 is 24.9. The third-order valence-corrected chi connectivity index (χ3v) is 6.87. The van der Waals surface area contributed by atoms with Gasteiger partial charge >= 0.3 is 0 Å². The Morgan fingerprint density at radius 2 is 1.79 bits per heavy atom. The van der Waals surface area contributed by atoms with E-state index in [9.17, 15) is 8.42 Å². The van der Waals surface area contributed by atoms with E-state index in [4.69, 9.17) is 0 Å². The van der Waals surface area contributed by atoms with Crippen molar-refractivity contribution in [3.05, 3.63) is 29.8 Å². The van der Waals surface area contributed by atoms with Gasteiger partial charge in [0, 0.05) is 11.6 Å². The van der Waals surface area contributed by atoms with Gasteiger partial charge in [-0.1, -0.05) is 39.3 Å². The molecular formula is C19H28N2O2S. The van der Waals surface area contributed by atoms with Crippen LogP contribution in [0.15, 0.2) is 34.3 Å². The van der Waals surface area contributed by atoms with Crippen molar-refractivity contribution in [2.45, 2.75) is 63.7 Å². The lowest BCUT2D eigenvalue weighted by atomic mass is 9.86. The molecule has 1 aromatic carbocycles. The maximum absolute atomic E-state index is 12.5. The van der Waals surface area contributed by atoms with Crippen molar-refractivity contribution in [2.75, 3.05) is 0 Å². The van der Waals surface area contributed by atoms with Gasteiger partial charge in [0.1, 0.15) is 0 Å². The largest absolute Gasteiger partial charge is 0.276 e. The molecule has 4 nitrogen and oxygen atoms in total. The quantitative estimate of drug-likeness (QED) is 0.658. The standard InChI is InChI=1S/C19H28N2O2S/c1-13(18-12-14-5-6-15(18)11-14)20-21-24(22,23)17-9-7-16(8-10-17)19(2,3)4/h7-10,14-15,18,21H,5-6,11-12H2,1-4H3/b20-13-/t14-,15-,18+/m0/s1. The van der Waals surface area contributed by atoms with Crippen LogP contribution >= 0.6 is 0 Å². The highest BCUT2D eigenvalue weighted by Gasteiger charge is 2.40. The molecule has 0 spiro atoms. The number of nitrogens with zero attached hydrogens (tertiary/aromatic N) is 1. The van der Waals surface area contributed by atoms with Gasteiger partial charge in [0.2, 0.25) is 0 Å². The van der Waals surface area contributed by atoms with Gasteiger partial charge in [0.25, 0.3) is 10.0 Å². The van der Waals surface area contributed by atoms with Crippen LogP contribution in [0.5, 0.6) is 0 Å². The number of nitrogens with one attached hydrogen (secondary N) is 1. The fourth-order valence-corrected chi connectivity index (χ4v) is 5.02. The maximum Gasteiger partial charge on any atom is 0.276 e. The molecule has 2 aliphatic rings. The first-order chi connectivity index (χ1) is 11.2. The van der Waals surface area contributed by atoms with Crippen molar-refractivity contribution in [1.82, 2.24) is 4.83 Å². The van der Waals surface area contributed by atoms with Crippen LogP contribution in [0.1, 0.15) is 58.9 Å². The highest BCUT2D eigenvalue weighted by Crippen LogP contribution is 2.48. The minimum Gasteiger partial charge on any atom is -0.200 e. The molecule has 0 aromatic heterocycles. The van der Waals surface area contributed by atoms with Crippen LogP contribution < -0.4 is 4.83 Å². The van der Waals surface area contributed by atoms with Gasteiger partial charge in [-0.3, -0.25) is 0 Å². The zero-order chi connectivity index (χ0) is 17.5. The summed E-state index contributed by atoms with van der Waals surface area (Å²) in [4.78, 5) is 2.69. The Kier molecular flexibility index (Phi) is 4.49. The van der Waals surface area contributed by atoms with Gasteiger partial charge in [0.05, 0.1) is 4.90 Å². The minimum absolute atomic E-state index is 0.00620. The Balaban J connectivity index is 1.70. The SMILES string of the molecule is C/C(=N/NS(=O)(=O)c1ccc(C(C)(C)C)cc1)[C@H]1C[C@H]2CC[C@H]1C2. The third kappa shape index (κ3) is 3.51. The van der Waals surface area contributed by atoms with Crippen molar-refractivity contribution in [3.8, 4) is 0 Å². The second-order valence-corrected chi connectivity index (χ2v) is 10.1. The predicted molar refractivity (Wildman–Crippen MR) is 97.5 cm³/mol. The molecular weight excluding hydrogens is 320 g/mol. The Labute approximate surface area is 145 Å². The van der Waals surface area contributed by atoms with Gasteiger partial charge in [-0.05, 0) is 61.1 Å². The molecule has 1 aromatic rings. The summed E-state index contributed by atoms with van der Waals surface area (Å²) in [5.74, 6) is 1.98. The van der Waals surface area contributed by atoms with E-state index in [0.29, 0.717) is 11.8 Å². The van der Waals surface area contributed by atoms with E-state index in [1.165, 1.54) is 25.7 Å². The number of benzene rings is 1. The summed E-state index contributed by atoms with van der Waals surface area (Å²) in [5.41, 5.74) is 2.05. The van der Waals surface area contributed by atoms with E-state index < -0.39 is 10.0 Å². The first-order valence-electron chi connectivity index (χ1n) is 8.83. The minimum atomic E-state index is -3.60. The van der Waals surface area contributed by atoms with Crippen LogP contribution in [0.25, 0.3) is 0 Å². The van der Waals surface area contributed by atoms with Gasteiger partial charge in [-0.15, -0.1) is 0 Å². The van der Waals surface area contributed by atoms with Gasteiger partial charge in [-0.25, -0.2) is 4.83 Å². The third-order valence-electron chi connectivity index (χ3n) is 5.65. The summed E-state index contributed by atoms with van der Waals surface area (Å²) >= 11 is 0. The Morgan fingerprint density at radius 1 is 1.12 bits per heavy atom. The molecule has 2 fully saturated rings. The van der Waals surface area contributed by atoms with E-state index in [1.54, 1.807) is 12.1 Å². The van der Waals surface area contributed by atoms with E-state index in [1.807, 2.05) is 19.1 Å². The molecule has 5 heteroatoms. The predicted octanol–water partition coefficient (Wildman–Crippen LogP) is 4.07. The number of hydrazone groups is 1. The first kappa shape index (κ1) is 17.5. The zero-order valence-electron chi connectivity index (χ0n) is 15.0. The molecule has 2 saturated carbocycles. The van der Waals surface area contributed by atoms with Crippen LogP contribution in [0.3, 0.4) is 0 Å². The summed E-state index contributed by atoms with van der Waals surface area (Å²) in [5, 5.41) is 4.22. The Hall–Kier alpha value is -1.36. The number of fused-ring (bicyclic) bond motifs is 2. The normalized spacial score (nSPS) is 27.5. The van der Waals surface area contributed by atoms with Gasteiger partial charge < -0.3 is 0 Å². The molecule has 0 unspecified atom stereocenters. The fraction of sp³-hybridized carbons (Fsp3) is 0.632. The molecule has 0 aliphatic heterocycles. The van der Waals surface area contributed by atoms with E-state index in [-0.39, 0.29) is 10.3 Å². The Morgan fingerprint density at radius 3 is 2.29 bits per heavy atom. The van der Waals surface area contributed by atoms with Crippen LogP contribution in [-0.2, 0) is 15.4 Å². The van der Waals surface area contributed by atoms with Crippen LogP contribution in [0, 0.1) is 17.8 Å². The first-order valence-corrected chi connectivity index (χ1v) is 10.3. The molecule has 0 saturated heterocycles. The van der Waals surface area contributed by atoms with Crippen molar-refractivity contribution in [1.29, 1.82) is 0 Å². The smallest absolute Gasteiger partial charge is 0.200 e. The molecule has 1 N–H and O–H groups in total. The second-order valence-electron chi connectivity index (χ2n) is 8.40. The van der Waals surface area contributed by atoms with E-state index in [2.05, 4.69) is 30.7 Å². The maximum atomic E-state index is 12.5. The van der Waals surface area contributed by atoms with Crippen LogP contribution in [0.2, 0.25) is 0 Å². The average Bonchev–Trinajstić information content (AvgIpc) is 3.15. The lowest BCUT2D eigenvalue weighted by molar-refractivity contribution is 0.413. The average molecular weight is 349 g/mol. The van der Waals surface area contributed by atoms with Crippen LogP contribution in [-0.4, -0.2) is 14.1 Å². The lowest BCUT2D eigenvalue weighted by Gasteiger charge is -2.21.